The minimum atomic E-state index is 0.493. The quantitative estimate of drug-likeness (QED) is 0.854. The second-order valence-corrected chi connectivity index (χ2v) is 4.07. The number of rotatable bonds is 3. The van der Waals surface area contributed by atoms with Gasteiger partial charge in [0.05, 0.1) is 18.4 Å². The lowest BCUT2D eigenvalue weighted by atomic mass is 10.1. The average molecular weight is 254 g/mol. The number of hydrogen-bond donors (Lipinski definition) is 1. The van der Waals surface area contributed by atoms with Crippen LogP contribution in [0.15, 0.2) is 36.4 Å². The zero-order chi connectivity index (χ0) is 13.8. The summed E-state index contributed by atoms with van der Waals surface area (Å²) in [4.78, 5) is 0. The van der Waals surface area contributed by atoms with Crippen LogP contribution in [0.1, 0.15) is 11.1 Å². The largest absolute Gasteiger partial charge is 0.495 e. The number of ether oxygens (including phenoxy) is 2. The van der Waals surface area contributed by atoms with E-state index >= 15 is 0 Å². The standard InChI is InChI=1S/C15H14N2O2/c1-10-4-3-5-11(9-16)15(10)19-12-6-7-14(18-2)13(17)8-12/h3-8H,17H2,1-2H3. The van der Waals surface area contributed by atoms with Gasteiger partial charge in [0.2, 0.25) is 0 Å². The van der Waals surface area contributed by atoms with Gasteiger partial charge in [-0.1, -0.05) is 12.1 Å². The summed E-state index contributed by atoms with van der Waals surface area (Å²) < 4.78 is 10.8. The van der Waals surface area contributed by atoms with Crippen molar-refractivity contribution in [2.24, 2.45) is 0 Å². The first-order valence-corrected chi connectivity index (χ1v) is 5.76. The van der Waals surface area contributed by atoms with Gasteiger partial charge >= 0.3 is 0 Å². The van der Waals surface area contributed by atoms with Crippen LogP contribution in [0.3, 0.4) is 0 Å². The molecular formula is C15H14N2O2. The number of nitrogen functional groups attached to an aromatic ring is 1. The van der Waals surface area contributed by atoms with Gasteiger partial charge in [-0.3, -0.25) is 0 Å². The number of methoxy groups -OCH3 is 1. The Hall–Kier alpha value is -2.67. The summed E-state index contributed by atoms with van der Waals surface area (Å²) in [5.41, 5.74) is 7.71. The van der Waals surface area contributed by atoms with E-state index in [4.69, 9.17) is 20.5 Å². The maximum absolute atomic E-state index is 9.08. The van der Waals surface area contributed by atoms with Crippen molar-refractivity contribution in [3.8, 4) is 23.3 Å². The Morgan fingerprint density at radius 1 is 1.21 bits per heavy atom. The van der Waals surface area contributed by atoms with E-state index in [0.717, 1.165) is 5.56 Å². The minimum Gasteiger partial charge on any atom is -0.495 e. The molecule has 0 amide bonds. The van der Waals surface area contributed by atoms with Crippen molar-refractivity contribution in [2.75, 3.05) is 12.8 Å². The molecule has 2 aromatic rings. The molecule has 0 spiro atoms. The Labute approximate surface area is 112 Å². The summed E-state index contributed by atoms with van der Waals surface area (Å²) in [6.07, 6.45) is 0. The topological polar surface area (TPSA) is 68.3 Å². The number of anilines is 1. The highest BCUT2D eigenvalue weighted by Gasteiger charge is 2.09. The summed E-state index contributed by atoms with van der Waals surface area (Å²) in [7, 11) is 1.56. The monoisotopic (exact) mass is 254 g/mol. The van der Waals surface area contributed by atoms with Crippen LogP contribution in [-0.2, 0) is 0 Å². The Kier molecular flexibility index (Phi) is 3.58. The predicted octanol–water partition coefficient (Wildman–Crippen LogP) is 3.25. The third kappa shape index (κ3) is 2.61. The maximum Gasteiger partial charge on any atom is 0.148 e. The van der Waals surface area contributed by atoms with Gasteiger partial charge in [-0.25, -0.2) is 0 Å². The molecule has 4 heteroatoms. The van der Waals surface area contributed by atoms with Crippen LogP contribution in [0.25, 0.3) is 0 Å². The summed E-state index contributed by atoms with van der Waals surface area (Å²) in [5.74, 6) is 1.72. The fourth-order valence-corrected chi connectivity index (χ4v) is 1.77. The van der Waals surface area contributed by atoms with Crippen LogP contribution in [-0.4, -0.2) is 7.11 Å². The number of aryl methyl sites for hydroxylation is 1. The number of nitrogens with two attached hydrogens (primary N) is 1. The molecule has 0 aliphatic rings. The van der Waals surface area contributed by atoms with Gasteiger partial charge < -0.3 is 15.2 Å². The van der Waals surface area contributed by atoms with E-state index < -0.39 is 0 Å². The first-order valence-electron chi connectivity index (χ1n) is 5.76. The Bertz CT molecular complexity index is 645. The van der Waals surface area contributed by atoms with Gasteiger partial charge in [0.1, 0.15) is 23.3 Å². The Morgan fingerprint density at radius 2 is 2.00 bits per heavy atom. The first-order chi connectivity index (χ1) is 9.15. The SMILES string of the molecule is COc1ccc(Oc2c(C)cccc2C#N)cc1N. The van der Waals surface area contributed by atoms with Crippen LogP contribution in [0, 0.1) is 18.3 Å². The van der Waals surface area contributed by atoms with E-state index in [0.29, 0.717) is 28.5 Å². The molecule has 0 atom stereocenters. The molecule has 0 unspecified atom stereocenters. The maximum atomic E-state index is 9.08. The van der Waals surface area contributed by atoms with Gasteiger partial charge in [-0.2, -0.15) is 5.26 Å². The Balaban J connectivity index is 2.37. The van der Waals surface area contributed by atoms with Crippen molar-refractivity contribution >= 4 is 5.69 Å². The highest BCUT2D eigenvalue weighted by molar-refractivity contribution is 5.58. The number of para-hydroxylation sites is 1. The third-order valence-corrected chi connectivity index (χ3v) is 2.75. The van der Waals surface area contributed by atoms with E-state index in [2.05, 4.69) is 6.07 Å². The number of hydrogen-bond acceptors (Lipinski definition) is 4. The zero-order valence-corrected chi connectivity index (χ0v) is 10.8. The first kappa shape index (κ1) is 12.8. The van der Waals surface area contributed by atoms with Crippen LogP contribution in [0.4, 0.5) is 5.69 Å². The van der Waals surface area contributed by atoms with Gasteiger partial charge in [0.25, 0.3) is 0 Å². The van der Waals surface area contributed by atoms with Crippen molar-refractivity contribution in [3.63, 3.8) is 0 Å². The summed E-state index contributed by atoms with van der Waals surface area (Å²) in [5, 5.41) is 9.08. The van der Waals surface area contributed by atoms with Crippen LogP contribution < -0.4 is 15.2 Å². The van der Waals surface area contributed by atoms with Crippen molar-refractivity contribution in [3.05, 3.63) is 47.5 Å². The predicted molar refractivity (Wildman–Crippen MR) is 73.4 cm³/mol. The molecule has 96 valence electrons. The fourth-order valence-electron chi connectivity index (χ4n) is 1.77. The lowest BCUT2D eigenvalue weighted by Crippen LogP contribution is -1.95. The molecule has 0 aliphatic heterocycles. The van der Waals surface area contributed by atoms with E-state index in [-0.39, 0.29) is 0 Å². The lowest BCUT2D eigenvalue weighted by molar-refractivity contribution is 0.415. The molecule has 0 radical (unpaired) electrons. The highest BCUT2D eigenvalue weighted by Crippen LogP contribution is 2.32. The molecule has 0 saturated heterocycles. The summed E-state index contributed by atoms with van der Waals surface area (Å²) in [6, 6.07) is 12.7. The molecule has 0 aromatic heterocycles. The third-order valence-electron chi connectivity index (χ3n) is 2.75. The van der Waals surface area contributed by atoms with Crippen molar-refractivity contribution in [2.45, 2.75) is 6.92 Å². The van der Waals surface area contributed by atoms with Crippen LogP contribution in [0.5, 0.6) is 17.2 Å². The van der Waals surface area contributed by atoms with Crippen molar-refractivity contribution in [1.29, 1.82) is 5.26 Å². The molecule has 0 aliphatic carbocycles. The van der Waals surface area contributed by atoms with E-state index in [1.165, 1.54) is 0 Å². The molecule has 0 fully saturated rings. The Morgan fingerprint density at radius 3 is 2.63 bits per heavy atom. The average Bonchev–Trinajstić information content (AvgIpc) is 2.41. The molecule has 2 N–H and O–H groups in total. The zero-order valence-electron chi connectivity index (χ0n) is 10.8. The minimum absolute atomic E-state index is 0.493. The van der Waals surface area contributed by atoms with Gasteiger partial charge in [0, 0.05) is 6.07 Å². The highest BCUT2D eigenvalue weighted by atomic mass is 16.5. The normalized spacial score (nSPS) is 9.74. The van der Waals surface area contributed by atoms with E-state index in [1.807, 2.05) is 19.1 Å². The lowest BCUT2D eigenvalue weighted by Gasteiger charge is -2.12. The molecule has 0 bridgehead atoms. The molecule has 2 aromatic carbocycles. The van der Waals surface area contributed by atoms with Gasteiger partial charge in [-0.15, -0.1) is 0 Å². The van der Waals surface area contributed by atoms with Gasteiger partial charge in [0.15, 0.2) is 0 Å². The molecular weight excluding hydrogens is 240 g/mol. The number of nitrogens with zero attached hydrogens (tertiary/aromatic N) is 1. The molecule has 0 heterocycles. The summed E-state index contributed by atoms with van der Waals surface area (Å²) in [6.45, 7) is 1.89. The smallest absolute Gasteiger partial charge is 0.148 e. The molecule has 19 heavy (non-hydrogen) atoms. The van der Waals surface area contributed by atoms with Crippen molar-refractivity contribution < 1.29 is 9.47 Å². The second kappa shape index (κ2) is 5.32. The van der Waals surface area contributed by atoms with Crippen molar-refractivity contribution in [1.82, 2.24) is 0 Å². The van der Waals surface area contributed by atoms with Crippen LogP contribution >= 0.6 is 0 Å². The fraction of sp³-hybridized carbons (Fsp3) is 0.133. The van der Waals surface area contributed by atoms with E-state index in [1.54, 1.807) is 31.4 Å². The van der Waals surface area contributed by atoms with Crippen LogP contribution in [0.2, 0.25) is 0 Å². The molecule has 4 nitrogen and oxygen atoms in total. The molecule has 0 saturated carbocycles. The summed E-state index contributed by atoms with van der Waals surface area (Å²) >= 11 is 0. The van der Waals surface area contributed by atoms with E-state index in [9.17, 15) is 0 Å². The van der Waals surface area contributed by atoms with Gasteiger partial charge in [-0.05, 0) is 30.7 Å². The second-order valence-electron chi connectivity index (χ2n) is 4.07. The number of benzene rings is 2. The number of nitriles is 1. The molecule has 2 rings (SSSR count).